The molecular formula is C11H8N2O4. The fourth-order valence-corrected chi connectivity index (χ4v) is 1.40. The van der Waals surface area contributed by atoms with Gasteiger partial charge in [0.25, 0.3) is 6.54 Å². The predicted octanol–water partition coefficient (Wildman–Crippen LogP) is 1.42. The van der Waals surface area contributed by atoms with Crippen LogP contribution in [0.2, 0.25) is 0 Å². The van der Waals surface area contributed by atoms with Crippen LogP contribution in [0.1, 0.15) is 0 Å². The van der Waals surface area contributed by atoms with E-state index >= 15 is 0 Å². The lowest BCUT2D eigenvalue weighted by molar-refractivity contribution is -0.469. The number of fused-ring (bicyclic) bond motifs is 1. The molecule has 0 aliphatic carbocycles. The molecule has 0 spiro atoms. The van der Waals surface area contributed by atoms with Crippen LogP contribution >= 0.6 is 0 Å². The van der Waals surface area contributed by atoms with Crippen molar-refractivity contribution in [3.63, 3.8) is 0 Å². The number of carbonyl (C=O) groups is 1. The van der Waals surface area contributed by atoms with Gasteiger partial charge in [-0.3, -0.25) is 15.1 Å². The zero-order chi connectivity index (χ0) is 12.3. The van der Waals surface area contributed by atoms with Gasteiger partial charge >= 0.3 is 5.97 Å². The normalized spacial score (nSPS) is 10.1. The van der Waals surface area contributed by atoms with E-state index < -0.39 is 17.4 Å². The average Bonchev–Trinajstić information content (AvgIpc) is 2.27. The van der Waals surface area contributed by atoms with E-state index in [-0.39, 0.29) is 5.75 Å². The Balaban J connectivity index is 2.19. The molecule has 1 aromatic heterocycles. The fourth-order valence-electron chi connectivity index (χ4n) is 1.40. The average molecular weight is 232 g/mol. The van der Waals surface area contributed by atoms with E-state index in [1.807, 2.05) is 6.07 Å². The zero-order valence-corrected chi connectivity index (χ0v) is 8.70. The Labute approximate surface area is 96.0 Å². The molecule has 6 nitrogen and oxygen atoms in total. The minimum atomic E-state index is -0.891. The molecule has 0 unspecified atom stereocenters. The monoisotopic (exact) mass is 232 g/mol. The van der Waals surface area contributed by atoms with Crippen LogP contribution in [0.15, 0.2) is 36.7 Å². The minimum Gasteiger partial charge on any atom is -0.422 e. The summed E-state index contributed by atoms with van der Waals surface area (Å²) in [5.41, 5.74) is 0. The van der Waals surface area contributed by atoms with Crippen molar-refractivity contribution in [2.24, 2.45) is 0 Å². The lowest BCUT2D eigenvalue weighted by atomic mass is 10.2. The smallest absolute Gasteiger partial charge is 0.383 e. The van der Waals surface area contributed by atoms with Gasteiger partial charge in [-0.15, -0.1) is 0 Å². The van der Waals surface area contributed by atoms with Crippen molar-refractivity contribution in [3.8, 4) is 5.75 Å². The molecule has 0 atom stereocenters. The Morgan fingerprint density at radius 2 is 2.18 bits per heavy atom. The van der Waals surface area contributed by atoms with Gasteiger partial charge in [0.15, 0.2) is 0 Å². The molecule has 0 amide bonds. The molecule has 0 saturated heterocycles. The third kappa shape index (κ3) is 2.75. The Hall–Kier alpha value is -2.50. The minimum absolute atomic E-state index is 0.275. The molecule has 2 aromatic rings. The highest BCUT2D eigenvalue weighted by molar-refractivity contribution is 5.84. The van der Waals surface area contributed by atoms with E-state index in [4.69, 9.17) is 4.74 Å². The second-order valence-corrected chi connectivity index (χ2v) is 3.35. The van der Waals surface area contributed by atoms with Gasteiger partial charge in [-0.1, -0.05) is 6.07 Å². The summed E-state index contributed by atoms with van der Waals surface area (Å²) < 4.78 is 4.82. The molecule has 2 rings (SSSR count). The lowest BCUT2D eigenvalue weighted by Crippen LogP contribution is -2.19. The van der Waals surface area contributed by atoms with Gasteiger partial charge in [0.2, 0.25) is 0 Å². The van der Waals surface area contributed by atoms with E-state index in [2.05, 4.69) is 4.98 Å². The Morgan fingerprint density at radius 1 is 1.35 bits per heavy atom. The number of hydrogen-bond acceptors (Lipinski definition) is 5. The van der Waals surface area contributed by atoms with Crippen molar-refractivity contribution < 1.29 is 14.5 Å². The molecule has 0 radical (unpaired) electrons. The van der Waals surface area contributed by atoms with Crippen LogP contribution in [0.3, 0.4) is 0 Å². The molecule has 1 aromatic carbocycles. The van der Waals surface area contributed by atoms with Gasteiger partial charge in [0.1, 0.15) is 5.75 Å². The van der Waals surface area contributed by atoms with Crippen molar-refractivity contribution in [3.05, 3.63) is 46.8 Å². The zero-order valence-electron chi connectivity index (χ0n) is 8.70. The molecule has 0 aliphatic heterocycles. The van der Waals surface area contributed by atoms with E-state index in [0.29, 0.717) is 0 Å². The van der Waals surface area contributed by atoms with Crippen LogP contribution in [-0.4, -0.2) is 22.4 Å². The van der Waals surface area contributed by atoms with Crippen molar-refractivity contribution >= 4 is 16.7 Å². The number of carbonyl (C=O) groups excluding carboxylic acids is 1. The second kappa shape index (κ2) is 4.56. The van der Waals surface area contributed by atoms with Crippen LogP contribution < -0.4 is 4.74 Å². The first-order valence-electron chi connectivity index (χ1n) is 4.81. The summed E-state index contributed by atoms with van der Waals surface area (Å²) >= 11 is 0. The number of nitro groups is 1. The summed E-state index contributed by atoms with van der Waals surface area (Å²) in [5.74, 6) is -0.615. The fraction of sp³-hybridized carbons (Fsp3) is 0.0909. The molecule has 6 heteroatoms. The van der Waals surface area contributed by atoms with Gasteiger partial charge in [0, 0.05) is 22.7 Å². The van der Waals surface area contributed by atoms with Crippen LogP contribution in [0.4, 0.5) is 0 Å². The first kappa shape index (κ1) is 11.0. The molecule has 0 N–H and O–H groups in total. The molecule has 1 heterocycles. The Kier molecular flexibility index (Phi) is 2.95. The quantitative estimate of drug-likeness (QED) is 0.346. The number of nitrogens with zero attached hydrogens (tertiary/aromatic N) is 2. The molecule has 0 aliphatic rings. The highest BCUT2D eigenvalue weighted by Gasteiger charge is 2.12. The first-order valence-corrected chi connectivity index (χ1v) is 4.81. The summed E-state index contributed by atoms with van der Waals surface area (Å²) in [7, 11) is 0. The van der Waals surface area contributed by atoms with E-state index in [1.54, 1.807) is 30.6 Å². The topological polar surface area (TPSA) is 82.3 Å². The number of benzene rings is 1. The third-order valence-corrected chi connectivity index (χ3v) is 2.10. The van der Waals surface area contributed by atoms with Gasteiger partial charge < -0.3 is 4.74 Å². The predicted molar refractivity (Wildman–Crippen MR) is 59.2 cm³/mol. The molecule has 0 saturated carbocycles. The molecular weight excluding hydrogens is 224 g/mol. The van der Waals surface area contributed by atoms with Crippen molar-refractivity contribution in [1.29, 1.82) is 0 Å². The second-order valence-electron chi connectivity index (χ2n) is 3.35. The van der Waals surface area contributed by atoms with Gasteiger partial charge in [-0.2, -0.15) is 0 Å². The molecule has 17 heavy (non-hydrogen) atoms. The molecule has 0 fully saturated rings. The molecule has 0 bridgehead atoms. The lowest BCUT2D eigenvalue weighted by Gasteiger charge is -2.02. The maximum atomic E-state index is 11.1. The number of esters is 1. The van der Waals surface area contributed by atoms with Gasteiger partial charge in [-0.05, 0) is 23.6 Å². The highest BCUT2D eigenvalue weighted by atomic mass is 16.6. The largest absolute Gasteiger partial charge is 0.422 e. The van der Waals surface area contributed by atoms with Crippen LogP contribution in [-0.2, 0) is 4.79 Å². The number of pyridine rings is 1. The highest BCUT2D eigenvalue weighted by Crippen LogP contribution is 2.19. The summed E-state index contributed by atoms with van der Waals surface area (Å²) in [6.45, 7) is -0.842. The Bertz CT molecular complexity index is 582. The Morgan fingerprint density at radius 3 is 2.94 bits per heavy atom. The van der Waals surface area contributed by atoms with Crippen LogP contribution in [0, 0.1) is 10.1 Å². The number of rotatable bonds is 3. The first-order chi connectivity index (χ1) is 8.15. The SMILES string of the molecule is O=C(C[N+](=O)[O-])Oc1ccc2ccncc2c1. The van der Waals surface area contributed by atoms with E-state index in [1.165, 1.54) is 0 Å². The summed E-state index contributed by atoms with van der Waals surface area (Å²) in [4.78, 5) is 24.4. The van der Waals surface area contributed by atoms with Gasteiger partial charge in [-0.25, -0.2) is 4.79 Å². The van der Waals surface area contributed by atoms with E-state index in [0.717, 1.165) is 10.8 Å². The summed E-state index contributed by atoms with van der Waals surface area (Å²) in [6.07, 6.45) is 3.28. The number of hydrogen-bond donors (Lipinski definition) is 0. The van der Waals surface area contributed by atoms with Crippen molar-refractivity contribution in [1.82, 2.24) is 4.98 Å². The third-order valence-electron chi connectivity index (χ3n) is 2.10. The van der Waals surface area contributed by atoms with Crippen molar-refractivity contribution in [2.75, 3.05) is 6.54 Å². The number of ether oxygens (including phenoxy) is 1. The van der Waals surface area contributed by atoms with E-state index in [9.17, 15) is 14.9 Å². The number of aromatic nitrogens is 1. The van der Waals surface area contributed by atoms with Crippen molar-refractivity contribution in [2.45, 2.75) is 0 Å². The standard InChI is InChI=1S/C11H8N2O4/c14-11(7-13(15)16)17-10-2-1-8-3-4-12-6-9(8)5-10/h1-6H,7H2. The van der Waals surface area contributed by atoms with Crippen LogP contribution in [0.25, 0.3) is 10.8 Å². The summed E-state index contributed by atoms with van der Waals surface area (Å²) in [5, 5.41) is 11.9. The maximum absolute atomic E-state index is 11.1. The van der Waals surface area contributed by atoms with Crippen LogP contribution in [0.5, 0.6) is 5.75 Å². The summed E-state index contributed by atoms with van der Waals surface area (Å²) in [6, 6.07) is 6.77. The van der Waals surface area contributed by atoms with Gasteiger partial charge in [0.05, 0.1) is 0 Å². The maximum Gasteiger partial charge on any atom is 0.383 e. The molecule has 86 valence electrons.